The lowest BCUT2D eigenvalue weighted by Gasteiger charge is -2.18. The maximum atomic E-state index is 4.91. The normalized spacial score (nSPS) is 11.6. The lowest BCUT2D eigenvalue weighted by atomic mass is 9.85. The van der Waals surface area contributed by atoms with Crippen LogP contribution in [-0.2, 0) is 6.42 Å². The van der Waals surface area contributed by atoms with Crippen molar-refractivity contribution in [1.82, 2.24) is 9.55 Å². The van der Waals surface area contributed by atoms with Crippen LogP contribution in [0, 0.1) is 0 Å². The lowest BCUT2D eigenvalue weighted by Crippen LogP contribution is -2.00. The number of nitrogens with zero attached hydrogens (tertiary/aromatic N) is 2. The molecule has 222 valence electrons. The highest BCUT2D eigenvalue weighted by Gasteiger charge is 2.18. The van der Waals surface area contributed by atoms with Crippen molar-refractivity contribution in [2.45, 2.75) is 13.3 Å². The van der Waals surface area contributed by atoms with Crippen LogP contribution in [0.3, 0.4) is 0 Å². The Bertz CT molecular complexity index is 2550. The molecule has 0 atom stereocenters. The molecule has 0 fully saturated rings. The maximum absolute atomic E-state index is 4.91. The van der Waals surface area contributed by atoms with Crippen LogP contribution in [0.1, 0.15) is 12.7 Å². The van der Waals surface area contributed by atoms with E-state index in [0.717, 1.165) is 29.0 Å². The molecule has 1 heterocycles. The number of imidazole rings is 1. The molecule has 0 aliphatic carbocycles. The maximum Gasteiger partial charge on any atom is 0.114 e. The van der Waals surface area contributed by atoms with Crippen LogP contribution in [0.2, 0.25) is 0 Å². The average molecular weight is 601 g/mol. The van der Waals surface area contributed by atoms with Crippen molar-refractivity contribution in [3.8, 4) is 39.1 Å². The molecule has 0 aliphatic heterocycles. The van der Waals surface area contributed by atoms with E-state index < -0.39 is 0 Å². The predicted octanol–water partition coefficient (Wildman–Crippen LogP) is 12.0. The monoisotopic (exact) mass is 600 g/mol. The van der Waals surface area contributed by atoms with E-state index in [1.807, 2.05) is 0 Å². The van der Waals surface area contributed by atoms with Gasteiger partial charge in [-0.2, -0.15) is 0 Å². The van der Waals surface area contributed by atoms with E-state index in [1.165, 1.54) is 65.7 Å². The second-order valence-electron chi connectivity index (χ2n) is 12.2. The zero-order valence-corrected chi connectivity index (χ0v) is 26.2. The summed E-state index contributed by atoms with van der Waals surface area (Å²) in [5.41, 5.74) is 10.7. The number of fused-ring (bicyclic) bond motifs is 4. The summed E-state index contributed by atoms with van der Waals surface area (Å²) in [7, 11) is 0. The minimum absolute atomic E-state index is 0.870. The molecular formula is C45H32N2. The van der Waals surface area contributed by atoms with E-state index in [-0.39, 0.29) is 0 Å². The number of rotatable bonds is 5. The molecule has 0 amide bonds. The van der Waals surface area contributed by atoms with Crippen molar-refractivity contribution in [3.63, 3.8) is 0 Å². The van der Waals surface area contributed by atoms with E-state index in [4.69, 9.17) is 4.98 Å². The molecule has 2 nitrogen and oxygen atoms in total. The third-order valence-corrected chi connectivity index (χ3v) is 9.53. The molecule has 0 saturated heterocycles. The molecule has 47 heavy (non-hydrogen) atoms. The topological polar surface area (TPSA) is 17.8 Å². The quantitative estimate of drug-likeness (QED) is 0.180. The molecule has 0 radical (unpaired) electrons. The summed E-state index contributed by atoms with van der Waals surface area (Å²) in [6.07, 6.45) is 0.870. The third kappa shape index (κ3) is 4.53. The van der Waals surface area contributed by atoms with Crippen LogP contribution < -0.4 is 0 Å². The Morgan fingerprint density at radius 2 is 1.00 bits per heavy atom. The van der Waals surface area contributed by atoms with Crippen LogP contribution in [0.25, 0.3) is 82.4 Å². The van der Waals surface area contributed by atoms with Gasteiger partial charge in [0.15, 0.2) is 0 Å². The van der Waals surface area contributed by atoms with Crippen LogP contribution in [0.5, 0.6) is 0 Å². The van der Waals surface area contributed by atoms with Crippen LogP contribution >= 0.6 is 0 Å². The van der Waals surface area contributed by atoms with Gasteiger partial charge in [-0.25, -0.2) is 4.98 Å². The first kappa shape index (κ1) is 27.3. The summed E-state index contributed by atoms with van der Waals surface area (Å²) in [5, 5.41) is 7.55. The predicted molar refractivity (Wildman–Crippen MR) is 199 cm³/mol. The van der Waals surface area contributed by atoms with Crippen LogP contribution in [0.4, 0.5) is 0 Å². The van der Waals surface area contributed by atoms with Gasteiger partial charge < -0.3 is 0 Å². The molecule has 0 bridgehead atoms. The second-order valence-corrected chi connectivity index (χ2v) is 12.2. The highest BCUT2D eigenvalue weighted by atomic mass is 15.1. The Labute approximate surface area is 274 Å². The highest BCUT2D eigenvalue weighted by molar-refractivity contribution is 6.21. The van der Waals surface area contributed by atoms with Crippen LogP contribution in [-0.4, -0.2) is 9.55 Å². The van der Waals surface area contributed by atoms with Gasteiger partial charge in [0.25, 0.3) is 0 Å². The Balaban J connectivity index is 1.22. The fraction of sp³-hybridized carbons (Fsp3) is 0.0444. The fourth-order valence-electron chi connectivity index (χ4n) is 7.35. The Kier molecular flexibility index (Phi) is 6.46. The third-order valence-electron chi connectivity index (χ3n) is 9.53. The van der Waals surface area contributed by atoms with E-state index >= 15 is 0 Å². The van der Waals surface area contributed by atoms with Gasteiger partial charge in [-0.3, -0.25) is 4.57 Å². The molecule has 9 aromatic rings. The first-order valence-corrected chi connectivity index (χ1v) is 16.4. The van der Waals surface area contributed by atoms with Gasteiger partial charge in [0.2, 0.25) is 0 Å². The van der Waals surface area contributed by atoms with Gasteiger partial charge >= 0.3 is 0 Å². The zero-order chi connectivity index (χ0) is 31.3. The fourth-order valence-corrected chi connectivity index (χ4v) is 7.35. The van der Waals surface area contributed by atoms with Crippen molar-refractivity contribution >= 4 is 43.4 Å². The Morgan fingerprint density at radius 1 is 0.447 bits per heavy atom. The van der Waals surface area contributed by atoms with Crippen molar-refractivity contribution in [2.75, 3.05) is 0 Å². The summed E-state index contributed by atoms with van der Waals surface area (Å²) >= 11 is 0. The van der Waals surface area contributed by atoms with Crippen LogP contribution in [0.15, 0.2) is 164 Å². The van der Waals surface area contributed by atoms with E-state index in [2.05, 4.69) is 175 Å². The standard InChI is InChI=1S/C45H32N2/c1-2-43-46-41-20-9-10-21-42(41)47(43)36-26-24-31(25-27-36)44-37-16-5-7-18-39(37)45(40-19-8-6-17-38(40)44)35-15-11-14-33(29-35)34-23-22-30-12-3-4-13-32(30)28-34/h3-29H,2H2,1H3. The van der Waals surface area contributed by atoms with Crippen molar-refractivity contribution < 1.29 is 0 Å². The summed E-state index contributed by atoms with van der Waals surface area (Å²) in [6, 6.07) is 59.6. The summed E-state index contributed by atoms with van der Waals surface area (Å²) in [5.74, 6) is 1.07. The Hall–Kier alpha value is -5.99. The number of para-hydroxylation sites is 2. The van der Waals surface area contributed by atoms with E-state index in [0.29, 0.717) is 0 Å². The van der Waals surface area contributed by atoms with Gasteiger partial charge in [-0.1, -0.05) is 134 Å². The number of benzene rings is 8. The van der Waals surface area contributed by atoms with Crippen molar-refractivity contribution in [2.24, 2.45) is 0 Å². The van der Waals surface area contributed by atoms with E-state index in [9.17, 15) is 0 Å². The minimum atomic E-state index is 0.870. The van der Waals surface area contributed by atoms with Gasteiger partial charge in [0.1, 0.15) is 5.82 Å². The number of hydrogen-bond acceptors (Lipinski definition) is 1. The highest BCUT2D eigenvalue weighted by Crippen LogP contribution is 2.44. The van der Waals surface area contributed by atoms with Gasteiger partial charge in [0.05, 0.1) is 11.0 Å². The molecule has 0 unspecified atom stereocenters. The average Bonchev–Trinajstić information content (AvgIpc) is 3.52. The van der Waals surface area contributed by atoms with Crippen molar-refractivity contribution in [1.29, 1.82) is 0 Å². The zero-order valence-electron chi connectivity index (χ0n) is 26.2. The summed E-state index contributed by atoms with van der Waals surface area (Å²) in [4.78, 5) is 4.91. The number of aromatic nitrogens is 2. The summed E-state index contributed by atoms with van der Waals surface area (Å²) < 4.78 is 2.29. The van der Waals surface area contributed by atoms with Gasteiger partial charge in [-0.05, 0) is 102 Å². The molecule has 0 saturated carbocycles. The number of hydrogen-bond donors (Lipinski definition) is 0. The molecular weight excluding hydrogens is 569 g/mol. The Morgan fingerprint density at radius 3 is 1.70 bits per heavy atom. The summed E-state index contributed by atoms with van der Waals surface area (Å²) in [6.45, 7) is 2.17. The SMILES string of the molecule is CCc1nc2ccccc2n1-c1ccc(-c2c3ccccc3c(-c3cccc(-c4ccc5ccccc5c4)c3)c3ccccc23)cc1. The molecule has 8 aromatic carbocycles. The lowest BCUT2D eigenvalue weighted by molar-refractivity contribution is 0.908. The smallest absolute Gasteiger partial charge is 0.114 e. The molecule has 9 rings (SSSR count). The second kappa shape index (κ2) is 11.1. The minimum Gasteiger partial charge on any atom is -0.296 e. The molecule has 0 spiro atoms. The molecule has 2 heteroatoms. The van der Waals surface area contributed by atoms with Gasteiger partial charge in [-0.15, -0.1) is 0 Å². The van der Waals surface area contributed by atoms with E-state index in [1.54, 1.807) is 0 Å². The van der Waals surface area contributed by atoms with Gasteiger partial charge in [0, 0.05) is 12.1 Å². The van der Waals surface area contributed by atoms with Crippen molar-refractivity contribution in [3.05, 3.63) is 170 Å². The first-order chi connectivity index (χ1) is 23.3. The largest absolute Gasteiger partial charge is 0.296 e. The molecule has 0 N–H and O–H groups in total. The molecule has 0 aliphatic rings. The first-order valence-electron chi connectivity index (χ1n) is 16.4. The molecule has 1 aromatic heterocycles. The number of aryl methyl sites for hydroxylation is 1.